The Kier molecular flexibility index (Phi) is 8.25. The Bertz CT molecular complexity index is 583. The molecule has 6 heteroatoms. The number of anilines is 1. The summed E-state index contributed by atoms with van der Waals surface area (Å²) in [6.45, 7) is 11.2. The average Bonchev–Trinajstić information content (AvgIpc) is 2.60. The van der Waals surface area contributed by atoms with Gasteiger partial charge in [-0.2, -0.15) is 0 Å². The van der Waals surface area contributed by atoms with Gasteiger partial charge in [0.1, 0.15) is 0 Å². The van der Waals surface area contributed by atoms with E-state index in [0.29, 0.717) is 12.5 Å². The maximum Gasteiger partial charge on any atom is 0.227 e. The second-order valence-corrected chi connectivity index (χ2v) is 6.73. The van der Waals surface area contributed by atoms with Crippen LogP contribution in [0.25, 0.3) is 0 Å². The van der Waals surface area contributed by atoms with E-state index in [1.165, 1.54) is 11.3 Å². The van der Waals surface area contributed by atoms with Crippen molar-refractivity contribution in [2.24, 2.45) is 10.4 Å². The van der Waals surface area contributed by atoms with Crippen molar-refractivity contribution in [1.82, 2.24) is 16.0 Å². The number of nitrogens with zero attached hydrogens (tertiary/aromatic N) is 2. The van der Waals surface area contributed by atoms with E-state index in [1.807, 2.05) is 13.8 Å². The summed E-state index contributed by atoms with van der Waals surface area (Å²) in [4.78, 5) is 18.4. The summed E-state index contributed by atoms with van der Waals surface area (Å²) in [5.41, 5.74) is 1.99. The number of amides is 1. The number of benzene rings is 1. The van der Waals surface area contributed by atoms with Gasteiger partial charge in [0.2, 0.25) is 5.91 Å². The van der Waals surface area contributed by atoms with Crippen LogP contribution in [0.5, 0.6) is 0 Å². The van der Waals surface area contributed by atoms with E-state index in [-0.39, 0.29) is 5.91 Å². The van der Waals surface area contributed by atoms with E-state index in [0.717, 1.165) is 19.6 Å². The molecule has 1 amide bonds. The number of aryl methyl sites for hydroxylation is 1. The van der Waals surface area contributed by atoms with Gasteiger partial charge >= 0.3 is 0 Å². The predicted molar refractivity (Wildman–Crippen MR) is 106 cm³/mol. The summed E-state index contributed by atoms with van der Waals surface area (Å²) in [6.07, 6.45) is 0. The van der Waals surface area contributed by atoms with E-state index in [2.05, 4.69) is 64.0 Å². The van der Waals surface area contributed by atoms with Crippen LogP contribution in [0.2, 0.25) is 0 Å². The highest BCUT2D eigenvalue weighted by Gasteiger charge is 2.26. The molecule has 1 aromatic rings. The zero-order chi connectivity index (χ0) is 18.9. The van der Waals surface area contributed by atoms with Crippen LogP contribution in [0.4, 0.5) is 5.69 Å². The van der Waals surface area contributed by atoms with Crippen molar-refractivity contribution in [3.63, 3.8) is 0 Å². The van der Waals surface area contributed by atoms with Crippen LogP contribution in [-0.2, 0) is 4.79 Å². The summed E-state index contributed by atoms with van der Waals surface area (Å²) in [5.74, 6) is 0.712. The molecule has 0 unspecified atom stereocenters. The topological polar surface area (TPSA) is 68.8 Å². The van der Waals surface area contributed by atoms with Crippen molar-refractivity contribution >= 4 is 17.6 Å². The molecule has 0 atom stereocenters. The Morgan fingerprint density at radius 3 is 2.56 bits per heavy atom. The number of hydrogen-bond donors (Lipinski definition) is 3. The van der Waals surface area contributed by atoms with Crippen molar-refractivity contribution in [1.29, 1.82) is 0 Å². The zero-order valence-electron chi connectivity index (χ0n) is 16.4. The summed E-state index contributed by atoms with van der Waals surface area (Å²) in [6, 6.07) is 8.52. The first-order valence-corrected chi connectivity index (χ1v) is 8.82. The molecule has 0 bridgehead atoms. The molecule has 1 rings (SSSR count). The number of nitrogens with one attached hydrogen (secondary N) is 3. The minimum absolute atomic E-state index is 0.00654. The molecular weight excluding hydrogens is 314 g/mol. The van der Waals surface area contributed by atoms with Gasteiger partial charge in [-0.3, -0.25) is 9.79 Å². The number of guanidine groups is 1. The number of carbonyl (C=O) groups is 1. The fourth-order valence-corrected chi connectivity index (χ4v) is 2.55. The number of likely N-dealkylation sites (N-methyl/N-ethyl adjacent to an activating group) is 1. The first kappa shape index (κ1) is 20.8. The van der Waals surface area contributed by atoms with Crippen molar-refractivity contribution in [2.75, 3.05) is 45.2 Å². The second kappa shape index (κ2) is 9.91. The lowest BCUT2D eigenvalue weighted by molar-refractivity contribution is -0.128. The maximum atomic E-state index is 11.8. The minimum Gasteiger partial charge on any atom is -0.370 e. The van der Waals surface area contributed by atoms with Gasteiger partial charge in [-0.1, -0.05) is 12.1 Å². The average molecular weight is 348 g/mol. The molecule has 0 aliphatic carbocycles. The Balaban J connectivity index is 2.50. The van der Waals surface area contributed by atoms with E-state index in [9.17, 15) is 4.79 Å². The Morgan fingerprint density at radius 2 is 2.00 bits per heavy atom. The third-order valence-corrected chi connectivity index (χ3v) is 4.19. The fraction of sp³-hybridized carbons (Fsp3) is 0.579. The molecule has 0 heterocycles. The fourth-order valence-electron chi connectivity index (χ4n) is 2.55. The number of aliphatic imine (C=N–C) groups is 1. The molecule has 25 heavy (non-hydrogen) atoms. The van der Waals surface area contributed by atoms with Crippen LogP contribution in [0.3, 0.4) is 0 Å². The molecular formula is C19H33N5O. The molecule has 6 nitrogen and oxygen atoms in total. The van der Waals surface area contributed by atoms with Crippen molar-refractivity contribution < 1.29 is 4.79 Å². The highest BCUT2D eigenvalue weighted by molar-refractivity contribution is 5.84. The normalized spacial score (nSPS) is 11.8. The van der Waals surface area contributed by atoms with E-state index in [4.69, 9.17) is 0 Å². The van der Waals surface area contributed by atoms with Crippen molar-refractivity contribution in [3.05, 3.63) is 29.8 Å². The SMILES string of the molecule is CCN(CCNC(=NC)NCC(C)(C)C(=O)NC)c1cccc(C)c1. The quantitative estimate of drug-likeness (QED) is 0.495. The smallest absolute Gasteiger partial charge is 0.227 e. The van der Waals surface area contributed by atoms with Crippen LogP contribution in [0.1, 0.15) is 26.3 Å². The third kappa shape index (κ3) is 6.64. The molecule has 0 radical (unpaired) electrons. The molecule has 0 aromatic heterocycles. The van der Waals surface area contributed by atoms with Gasteiger partial charge in [-0.15, -0.1) is 0 Å². The monoisotopic (exact) mass is 347 g/mol. The van der Waals surface area contributed by atoms with Crippen LogP contribution >= 0.6 is 0 Å². The highest BCUT2D eigenvalue weighted by atomic mass is 16.2. The van der Waals surface area contributed by atoms with E-state index in [1.54, 1.807) is 14.1 Å². The summed E-state index contributed by atoms with van der Waals surface area (Å²) < 4.78 is 0. The van der Waals surface area contributed by atoms with E-state index >= 15 is 0 Å². The summed E-state index contributed by atoms with van der Waals surface area (Å²) >= 11 is 0. The van der Waals surface area contributed by atoms with Gasteiger partial charge in [-0.05, 0) is 45.4 Å². The number of rotatable bonds is 8. The van der Waals surface area contributed by atoms with Gasteiger partial charge < -0.3 is 20.9 Å². The zero-order valence-corrected chi connectivity index (χ0v) is 16.4. The lowest BCUT2D eigenvalue weighted by Crippen LogP contribution is -2.48. The molecule has 0 aliphatic heterocycles. The largest absolute Gasteiger partial charge is 0.370 e. The molecule has 3 N–H and O–H groups in total. The standard InChI is InChI=1S/C19H33N5O/c1-7-24(16-10-8-9-15(2)13-16)12-11-22-18(21-6)23-14-19(3,4)17(25)20-5/h8-10,13H,7,11-12,14H2,1-6H3,(H,20,25)(H2,21,22,23). The molecule has 0 aliphatic rings. The second-order valence-electron chi connectivity index (χ2n) is 6.73. The Morgan fingerprint density at radius 1 is 1.28 bits per heavy atom. The first-order chi connectivity index (χ1) is 11.8. The van der Waals surface area contributed by atoms with Crippen LogP contribution < -0.4 is 20.9 Å². The van der Waals surface area contributed by atoms with Gasteiger partial charge in [-0.25, -0.2) is 0 Å². The summed E-state index contributed by atoms with van der Waals surface area (Å²) in [7, 11) is 3.39. The highest BCUT2D eigenvalue weighted by Crippen LogP contribution is 2.15. The number of carbonyl (C=O) groups excluding carboxylic acids is 1. The first-order valence-electron chi connectivity index (χ1n) is 8.82. The van der Waals surface area contributed by atoms with Gasteiger partial charge in [0.25, 0.3) is 0 Å². The summed E-state index contributed by atoms with van der Waals surface area (Å²) in [5, 5.41) is 9.23. The Hall–Kier alpha value is -2.24. The van der Waals surface area contributed by atoms with E-state index < -0.39 is 5.41 Å². The molecule has 0 fully saturated rings. The predicted octanol–water partition coefficient (Wildman–Crippen LogP) is 1.76. The Labute approximate surface area is 152 Å². The third-order valence-electron chi connectivity index (χ3n) is 4.19. The van der Waals surface area contributed by atoms with Crippen LogP contribution in [-0.4, -0.2) is 52.1 Å². The molecule has 0 saturated carbocycles. The van der Waals surface area contributed by atoms with Crippen LogP contribution in [0.15, 0.2) is 29.3 Å². The molecule has 1 aromatic carbocycles. The van der Waals surface area contributed by atoms with Crippen molar-refractivity contribution in [3.8, 4) is 0 Å². The molecule has 0 spiro atoms. The maximum absolute atomic E-state index is 11.8. The lowest BCUT2D eigenvalue weighted by Gasteiger charge is -2.26. The van der Waals surface area contributed by atoms with Gasteiger partial charge in [0, 0.05) is 46.0 Å². The minimum atomic E-state index is -0.497. The van der Waals surface area contributed by atoms with Crippen LogP contribution in [0, 0.1) is 12.3 Å². The number of hydrogen-bond acceptors (Lipinski definition) is 3. The molecule has 0 saturated heterocycles. The van der Waals surface area contributed by atoms with Gasteiger partial charge in [0.05, 0.1) is 5.41 Å². The molecule has 140 valence electrons. The van der Waals surface area contributed by atoms with Crippen molar-refractivity contribution in [2.45, 2.75) is 27.7 Å². The van der Waals surface area contributed by atoms with Gasteiger partial charge in [0.15, 0.2) is 5.96 Å². The lowest BCUT2D eigenvalue weighted by atomic mass is 9.92.